The molecule has 0 unspecified atom stereocenters. The first-order chi connectivity index (χ1) is 20.9. The summed E-state index contributed by atoms with van der Waals surface area (Å²) < 4.78 is 13.8. The van der Waals surface area contributed by atoms with Crippen molar-refractivity contribution >= 4 is 29.0 Å². The number of allylic oxidation sites excluding steroid dienone is 4. The number of aromatic nitrogens is 1. The molecule has 0 saturated heterocycles. The zero-order valence-corrected chi connectivity index (χ0v) is 24.8. The number of hydrogen-bond acceptors (Lipinski definition) is 5. The molecule has 2 aliphatic heterocycles. The topological polar surface area (TPSA) is 66.9 Å². The quantitative estimate of drug-likeness (QED) is 0.207. The van der Waals surface area contributed by atoms with E-state index < -0.39 is 0 Å². The lowest BCUT2D eigenvalue weighted by Crippen LogP contribution is -2.29. The van der Waals surface area contributed by atoms with Crippen LogP contribution in [0.1, 0.15) is 73.0 Å². The van der Waals surface area contributed by atoms with Crippen LogP contribution >= 0.6 is 0 Å². The Bertz CT molecular complexity index is 1690. The fourth-order valence-electron chi connectivity index (χ4n) is 5.96. The van der Waals surface area contributed by atoms with Gasteiger partial charge in [-0.1, -0.05) is 36.4 Å². The molecule has 6 heteroatoms. The predicted molar refractivity (Wildman–Crippen MR) is 177 cm³/mol. The number of aryl methyl sites for hydroxylation is 1. The van der Waals surface area contributed by atoms with E-state index in [1.807, 2.05) is 6.20 Å². The van der Waals surface area contributed by atoms with E-state index in [0.29, 0.717) is 13.0 Å². The van der Waals surface area contributed by atoms with Gasteiger partial charge in [-0.2, -0.15) is 0 Å². The van der Waals surface area contributed by atoms with Gasteiger partial charge in [0.1, 0.15) is 11.7 Å². The summed E-state index contributed by atoms with van der Waals surface area (Å²) in [5.74, 6) is 0.650. The summed E-state index contributed by atoms with van der Waals surface area (Å²) >= 11 is 0. The SMILES string of the molecule is C=C(C)CCCCC1=Nc2cc(C3=NCC([C@@H](N)c4cnc5c(c4)CCC=C5)=C3)ccc2CC(=C)N1c1ccc(F)cc1. The Morgan fingerprint density at radius 2 is 1.93 bits per heavy atom. The number of benzene rings is 2. The highest BCUT2D eigenvalue weighted by Crippen LogP contribution is 2.34. The summed E-state index contributed by atoms with van der Waals surface area (Å²) in [6.45, 7) is 11.1. The van der Waals surface area contributed by atoms with Gasteiger partial charge in [-0.25, -0.2) is 9.38 Å². The standard InChI is InChI=1S/C37H38FN5/c1-24(2)8-4-7-11-36-42-35-20-28(13-12-27(35)18-25(3)43(36)32-16-14-31(38)15-17-32)34-21-30(23-41-34)37(39)29-19-26-9-5-6-10-33(26)40-22-29/h6,10,12-17,19-22,37H,1,3-5,7-9,11,18,23,39H2,2H3/t37-/m0/s1. The minimum atomic E-state index is -0.262. The summed E-state index contributed by atoms with van der Waals surface area (Å²) in [5.41, 5.74) is 18.0. The maximum Gasteiger partial charge on any atom is 0.123 e. The van der Waals surface area contributed by atoms with Crippen molar-refractivity contribution in [3.8, 4) is 0 Å². The van der Waals surface area contributed by atoms with Crippen LogP contribution in [0.15, 0.2) is 107 Å². The van der Waals surface area contributed by atoms with Crippen LogP contribution < -0.4 is 10.6 Å². The molecule has 0 radical (unpaired) electrons. The summed E-state index contributed by atoms with van der Waals surface area (Å²) in [4.78, 5) is 16.8. The van der Waals surface area contributed by atoms with Crippen LogP contribution in [0.2, 0.25) is 0 Å². The second-order valence-corrected chi connectivity index (χ2v) is 11.7. The predicted octanol–water partition coefficient (Wildman–Crippen LogP) is 8.35. The number of rotatable bonds is 9. The van der Waals surface area contributed by atoms with Crippen molar-refractivity contribution in [3.63, 3.8) is 0 Å². The number of fused-ring (bicyclic) bond motifs is 2. The first kappa shape index (κ1) is 28.7. The van der Waals surface area contributed by atoms with Gasteiger partial charge in [0.15, 0.2) is 0 Å². The maximum atomic E-state index is 13.8. The molecule has 0 fully saturated rings. The average Bonchev–Trinajstić information content (AvgIpc) is 3.45. The van der Waals surface area contributed by atoms with Crippen molar-refractivity contribution in [2.24, 2.45) is 15.7 Å². The van der Waals surface area contributed by atoms with Crippen LogP contribution in [-0.2, 0) is 12.8 Å². The number of anilines is 1. The highest BCUT2D eigenvalue weighted by molar-refractivity contribution is 6.11. The Labute approximate surface area is 253 Å². The van der Waals surface area contributed by atoms with Crippen molar-refractivity contribution in [1.29, 1.82) is 0 Å². The molecule has 0 saturated carbocycles. The summed E-state index contributed by atoms with van der Waals surface area (Å²) in [6.07, 6.45) is 14.7. The van der Waals surface area contributed by atoms with E-state index in [1.165, 1.54) is 23.3 Å². The van der Waals surface area contributed by atoms with Crippen LogP contribution in [0.25, 0.3) is 6.08 Å². The molecular weight excluding hydrogens is 533 g/mol. The van der Waals surface area contributed by atoms with Gasteiger partial charge < -0.3 is 10.6 Å². The van der Waals surface area contributed by atoms with E-state index in [9.17, 15) is 4.39 Å². The lowest BCUT2D eigenvalue weighted by atomic mass is 9.95. The monoisotopic (exact) mass is 571 g/mol. The molecule has 0 bridgehead atoms. The van der Waals surface area contributed by atoms with Gasteiger partial charge in [-0.3, -0.25) is 9.98 Å². The average molecular weight is 572 g/mol. The Morgan fingerprint density at radius 3 is 2.74 bits per heavy atom. The van der Waals surface area contributed by atoms with E-state index >= 15 is 0 Å². The third-order valence-electron chi connectivity index (χ3n) is 8.33. The number of nitrogens with two attached hydrogens (primary N) is 1. The van der Waals surface area contributed by atoms with Gasteiger partial charge >= 0.3 is 0 Å². The highest BCUT2D eigenvalue weighted by atomic mass is 19.1. The molecule has 5 nitrogen and oxygen atoms in total. The Kier molecular flexibility index (Phi) is 8.30. The minimum absolute atomic E-state index is 0.248. The van der Waals surface area contributed by atoms with E-state index in [1.54, 1.807) is 12.1 Å². The molecule has 0 spiro atoms. The summed E-state index contributed by atoms with van der Waals surface area (Å²) in [7, 11) is 0. The van der Waals surface area contributed by atoms with E-state index in [2.05, 4.69) is 72.5 Å². The van der Waals surface area contributed by atoms with E-state index in [4.69, 9.17) is 15.7 Å². The highest BCUT2D eigenvalue weighted by Gasteiger charge is 2.24. The normalized spacial score (nSPS) is 16.6. The van der Waals surface area contributed by atoms with Crippen LogP contribution in [-0.4, -0.2) is 23.1 Å². The van der Waals surface area contributed by atoms with Gasteiger partial charge in [0, 0.05) is 36.0 Å². The van der Waals surface area contributed by atoms with Crippen molar-refractivity contribution in [2.45, 2.75) is 57.9 Å². The number of unbranched alkanes of at least 4 members (excludes halogenated alkanes) is 1. The van der Waals surface area contributed by atoms with Crippen molar-refractivity contribution in [2.75, 3.05) is 11.4 Å². The fourth-order valence-corrected chi connectivity index (χ4v) is 5.96. The Hall–Kier alpha value is -4.42. The molecule has 3 aliphatic rings. The molecule has 1 aliphatic carbocycles. The molecule has 3 heterocycles. The number of nitrogens with zero attached hydrogens (tertiary/aromatic N) is 4. The molecule has 218 valence electrons. The third kappa shape index (κ3) is 6.35. The zero-order chi connectivity index (χ0) is 29.9. The number of hydrogen-bond donors (Lipinski definition) is 1. The van der Waals surface area contributed by atoms with E-state index in [-0.39, 0.29) is 11.9 Å². The lowest BCUT2D eigenvalue weighted by molar-refractivity contribution is 0.628. The minimum Gasteiger partial charge on any atom is -0.320 e. The van der Waals surface area contributed by atoms with Crippen LogP contribution in [0.5, 0.6) is 0 Å². The number of pyridine rings is 1. The second-order valence-electron chi connectivity index (χ2n) is 11.7. The maximum absolute atomic E-state index is 13.8. The van der Waals surface area contributed by atoms with Gasteiger partial charge in [-0.05, 0) is 104 Å². The van der Waals surface area contributed by atoms with Crippen LogP contribution in [0, 0.1) is 5.82 Å². The van der Waals surface area contributed by atoms with Crippen molar-refractivity contribution < 1.29 is 4.39 Å². The number of halogens is 1. The molecule has 2 N–H and O–H groups in total. The lowest BCUT2D eigenvalue weighted by Gasteiger charge is -2.27. The molecule has 43 heavy (non-hydrogen) atoms. The zero-order valence-electron chi connectivity index (χ0n) is 24.8. The summed E-state index contributed by atoms with van der Waals surface area (Å²) in [5, 5.41) is 0. The number of amidine groups is 1. The molecular formula is C37H38FN5. The van der Waals surface area contributed by atoms with Crippen LogP contribution in [0.4, 0.5) is 15.8 Å². The molecule has 6 rings (SSSR count). The summed E-state index contributed by atoms with van der Waals surface area (Å²) in [6, 6.07) is 14.9. The van der Waals surface area contributed by atoms with Gasteiger partial charge in [0.25, 0.3) is 0 Å². The van der Waals surface area contributed by atoms with Crippen molar-refractivity contribution in [3.05, 3.63) is 131 Å². The second kappa shape index (κ2) is 12.4. The third-order valence-corrected chi connectivity index (χ3v) is 8.33. The smallest absolute Gasteiger partial charge is 0.123 e. The van der Waals surface area contributed by atoms with Gasteiger partial charge in [0.05, 0.1) is 29.7 Å². The molecule has 1 aromatic heterocycles. The molecule has 3 aromatic rings. The Balaban J connectivity index is 1.28. The van der Waals surface area contributed by atoms with Gasteiger partial charge in [-0.15, -0.1) is 6.58 Å². The largest absolute Gasteiger partial charge is 0.320 e. The van der Waals surface area contributed by atoms with Crippen LogP contribution in [0.3, 0.4) is 0 Å². The molecule has 2 aromatic carbocycles. The van der Waals surface area contributed by atoms with E-state index in [0.717, 1.165) is 95.1 Å². The van der Waals surface area contributed by atoms with Crippen molar-refractivity contribution in [1.82, 2.24) is 4.98 Å². The fraction of sp³-hybridized carbons (Fsp3) is 0.270. The van der Waals surface area contributed by atoms with Gasteiger partial charge in [0.2, 0.25) is 0 Å². The Morgan fingerprint density at radius 1 is 1.09 bits per heavy atom. The first-order valence-electron chi connectivity index (χ1n) is 15.1. The molecule has 1 atom stereocenters. The number of aliphatic imine (C=N–C) groups is 2. The first-order valence-corrected chi connectivity index (χ1v) is 15.1. The molecule has 0 amide bonds.